The number of ether oxygens (including phenoxy) is 1. The number of rotatable bonds is 6. The van der Waals surface area contributed by atoms with Crippen molar-refractivity contribution >= 4 is 29.1 Å². The van der Waals surface area contributed by atoms with E-state index in [2.05, 4.69) is 10.2 Å². The fourth-order valence-electron chi connectivity index (χ4n) is 2.32. The average Bonchev–Trinajstić information content (AvgIpc) is 2.47. The van der Waals surface area contributed by atoms with Crippen LogP contribution in [0.4, 0.5) is 0 Å². The van der Waals surface area contributed by atoms with E-state index in [0.717, 1.165) is 19.6 Å². The molecule has 1 N–H and O–H groups in total. The third-order valence-electron chi connectivity index (χ3n) is 3.45. The molecule has 6 heteroatoms. The van der Waals surface area contributed by atoms with Crippen LogP contribution in [0.5, 0.6) is 5.75 Å². The van der Waals surface area contributed by atoms with Gasteiger partial charge in [0, 0.05) is 18.1 Å². The highest BCUT2D eigenvalue weighted by molar-refractivity contribution is 6.35. The maximum absolute atomic E-state index is 11.7. The first-order chi connectivity index (χ1) is 10.1. The fourth-order valence-corrected chi connectivity index (χ4v) is 2.79. The molecule has 1 saturated heterocycles. The highest BCUT2D eigenvalue weighted by atomic mass is 35.5. The van der Waals surface area contributed by atoms with Gasteiger partial charge >= 0.3 is 0 Å². The largest absolute Gasteiger partial charge is 0.482 e. The topological polar surface area (TPSA) is 41.6 Å². The van der Waals surface area contributed by atoms with Crippen LogP contribution in [0.1, 0.15) is 19.3 Å². The van der Waals surface area contributed by atoms with Gasteiger partial charge in [-0.2, -0.15) is 0 Å². The number of piperidine rings is 1. The van der Waals surface area contributed by atoms with E-state index in [-0.39, 0.29) is 12.5 Å². The van der Waals surface area contributed by atoms with E-state index in [4.69, 9.17) is 27.9 Å². The number of halogens is 2. The summed E-state index contributed by atoms with van der Waals surface area (Å²) >= 11 is 11.8. The van der Waals surface area contributed by atoms with Crippen LogP contribution in [0.25, 0.3) is 0 Å². The molecule has 1 aromatic rings. The molecule has 1 aromatic carbocycles. The maximum atomic E-state index is 11.7. The molecule has 1 aliphatic heterocycles. The number of carbonyl (C=O) groups is 1. The highest BCUT2D eigenvalue weighted by Gasteiger charge is 2.10. The van der Waals surface area contributed by atoms with E-state index in [1.165, 1.54) is 19.3 Å². The van der Waals surface area contributed by atoms with Crippen molar-refractivity contribution in [3.05, 3.63) is 28.2 Å². The van der Waals surface area contributed by atoms with E-state index >= 15 is 0 Å². The summed E-state index contributed by atoms with van der Waals surface area (Å²) in [5.41, 5.74) is 0. The maximum Gasteiger partial charge on any atom is 0.257 e. The Balaban J connectivity index is 1.65. The number of carbonyl (C=O) groups excluding carboxylic acids is 1. The lowest BCUT2D eigenvalue weighted by Crippen LogP contribution is -2.39. The number of hydrogen-bond acceptors (Lipinski definition) is 3. The number of nitrogens with one attached hydrogen (secondary N) is 1. The van der Waals surface area contributed by atoms with Gasteiger partial charge in [0.2, 0.25) is 0 Å². The molecule has 1 amide bonds. The zero-order chi connectivity index (χ0) is 15.1. The summed E-state index contributed by atoms with van der Waals surface area (Å²) in [4.78, 5) is 14.1. The molecule has 1 heterocycles. The Hall–Kier alpha value is -0.970. The molecule has 0 atom stereocenters. The van der Waals surface area contributed by atoms with Gasteiger partial charge in [-0.3, -0.25) is 4.79 Å². The van der Waals surface area contributed by atoms with Crippen LogP contribution in [-0.4, -0.2) is 43.6 Å². The van der Waals surface area contributed by atoms with Crippen LogP contribution in [0.15, 0.2) is 18.2 Å². The lowest BCUT2D eigenvalue weighted by Gasteiger charge is -2.26. The predicted molar refractivity (Wildman–Crippen MR) is 85.3 cm³/mol. The summed E-state index contributed by atoms with van der Waals surface area (Å²) in [5, 5.41) is 3.80. The summed E-state index contributed by atoms with van der Waals surface area (Å²) in [6, 6.07) is 4.93. The van der Waals surface area contributed by atoms with Gasteiger partial charge in [-0.05, 0) is 44.1 Å². The van der Waals surface area contributed by atoms with Crippen LogP contribution in [0.2, 0.25) is 10.0 Å². The Bertz CT molecular complexity index is 477. The van der Waals surface area contributed by atoms with Crippen LogP contribution in [0.3, 0.4) is 0 Å². The van der Waals surface area contributed by atoms with Crippen molar-refractivity contribution in [3.63, 3.8) is 0 Å². The predicted octanol–water partition coefficient (Wildman–Crippen LogP) is 2.97. The number of benzene rings is 1. The number of likely N-dealkylation sites (tertiary alicyclic amines) is 1. The molecule has 1 fully saturated rings. The smallest absolute Gasteiger partial charge is 0.257 e. The summed E-state index contributed by atoms with van der Waals surface area (Å²) in [7, 11) is 0. The second-order valence-corrected chi connectivity index (χ2v) is 5.96. The third kappa shape index (κ3) is 5.73. The first kappa shape index (κ1) is 16.4. The standard InChI is InChI=1S/C15H20Cl2N2O2/c16-12-4-5-14(13(17)10-12)21-11-15(20)18-6-9-19-7-2-1-3-8-19/h4-5,10H,1-3,6-9,11H2,(H,18,20). The summed E-state index contributed by atoms with van der Waals surface area (Å²) in [6.45, 7) is 3.77. The minimum atomic E-state index is -0.141. The van der Waals surface area contributed by atoms with Crippen LogP contribution in [-0.2, 0) is 4.79 Å². The normalized spacial score (nSPS) is 15.7. The van der Waals surface area contributed by atoms with Crippen molar-refractivity contribution in [2.75, 3.05) is 32.8 Å². The summed E-state index contributed by atoms with van der Waals surface area (Å²) in [5.74, 6) is 0.324. The van der Waals surface area contributed by atoms with Crippen molar-refractivity contribution in [1.82, 2.24) is 10.2 Å². The Morgan fingerprint density at radius 1 is 1.24 bits per heavy atom. The quantitative estimate of drug-likeness (QED) is 0.871. The van der Waals surface area contributed by atoms with E-state index in [9.17, 15) is 4.79 Å². The van der Waals surface area contributed by atoms with E-state index in [0.29, 0.717) is 22.3 Å². The van der Waals surface area contributed by atoms with Crippen LogP contribution < -0.4 is 10.1 Å². The van der Waals surface area contributed by atoms with Gasteiger partial charge in [0.25, 0.3) is 5.91 Å². The van der Waals surface area contributed by atoms with Crippen molar-refractivity contribution in [2.24, 2.45) is 0 Å². The van der Waals surface area contributed by atoms with Crippen LogP contribution in [0, 0.1) is 0 Å². The number of amides is 1. The third-order valence-corrected chi connectivity index (χ3v) is 3.98. The molecule has 0 spiro atoms. The van der Waals surface area contributed by atoms with Gasteiger partial charge in [0.1, 0.15) is 5.75 Å². The lowest BCUT2D eigenvalue weighted by atomic mass is 10.1. The first-order valence-corrected chi connectivity index (χ1v) is 7.97. The SMILES string of the molecule is O=C(COc1ccc(Cl)cc1Cl)NCCN1CCCCC1. The molecule has 1 aliphatic rings. The molecule has 0 saturated carbocycles. The van der Waals surface area contributed by atoms with Gasteiger partial charge in [-0.15, -0.1) is 0 Å². The zero-order valence-corrected chi connectivity index (χ0v) is 13.4. The molecular weight excluding hydrogens is 311 g/mol. The monoisotopic (exact) mass is 330 g/mol. The fraction of sp³-hybridized carbons (Fsp3) is 0.533. The summed E-state index contributed by atoms with van der Waals surface area (Å²) in [6.07, 6.45) is 3.83. The van der Waals surface area contributed by atoms with Crippen molar-refractivity contribution in [1.29, 1.82) is 0 Å². The Morgan fingerprint density at radius 2 is 2.00 bits per heavy atom. The molecule has 21 heavy (non-hydrogen) atoms. The van der Waals surface area contributed by atoms with Crippen molar-refractivity contribution in [2.45, 2.75) is 19.3 Å². The Kier molecular flexibility index (Phi) is 6.61. The first-order valence-electron chi connectivity index (χ1n) is 7.22. The van der Waals surface area contributed by atoms with E-state index < -0.39 is 0 Å². The van der Waals surface area contributed by atoms with E-state index in [1.54, 1.807) is 18.2 Å². The van der Waals surface area contributed by atoms with Gasteiger partial charge < -0.3 is 15.0 Å². The van der Waals surface area contributed by atoms with Crippen LogP contribution >= 0.6 is 23.2 Å². The number of nitrogens with zero attached hydrogens (tertiary/aromatic N) is 1. The second kappa shape index (κ2) is 8.47. The van der Waals surface area contributed by atoms with Gasteiger partial charge in [0.15, 0.2) is 6.61 Å². The number of hydrogen-bond donors (Lipinski definition) is 1. The van der Waals surface area contributed by atoms with E-state index in [1.807, 2.05) is 0 Å². The molecule has 2 rings (SSSR count). The molecular formula is C15H20Cl2N2O2. The van der Waals surface area contributed by atoms with Gasteiger partial charge in [-0.1, -0.05) is 29.6 Å². The molecule has 0 aliphatic carbocycles. The minimum absolute atomic E-state index is 0.0403. The van der Waals surface area contributed by atoms with Gasteiger partial charge in [0.05, 0.1) is 5.02 Å². The molecule has 4 nitrogen and oxygen atoms in total. The van der Waals surface area contributed by atoms with Crippen molar-refractivity contribution < 1.29 is 9.53 Å². The molecule has 0 aromatic heterocycles. The van der Waals surface area contributed by atoms with Gasteiger partial charge in [-0.25, -0.2) is 0 Å². The zero-order valence-electron chi connectivity index (χ0n) is 11.9. The highest BCUT2D eigenvalue weighted by Crippen LogP contribution is 2.27. The Labute approximate surface area is 135 Å². The molecule has 0 unspecified atom stereocenters. The molecule has 116 valence electrons. The Morgan fingerprint density at radius 3 is 2.71 bits per heavy atom. The molecule has 0 bridgehead atoms. The summed E-state index contributed by atoms with van der Waals surface area (Å²) < 4.78 is 5.38. The van der Waals surface area contributed by atoms with Crippen molar-refractivity contribution in [3.8, 4) is 5.75 Å². The average molecular weight is 331 g/mol. The minimum Gasteiger partial charge on any atom is -0.482 e. The second-order valence-electron chi connectivity index (χ2n) is 5.12. The lowest BCUT2D eigenvalue weighted by molar-refractivity contribution is -0.123. The molecule has 0 radical (unpaired) electrons.